The van der Waals surface area contributed by atoms with Gasteiger partial charge in [-0.25, -0.2) is 0 Å². The smallest absolute Gasteiger partial charge is 0.251 e. The van der Waals surface area contributed by atoms with Gasteiger partial charge in [-0.05, 0) is 24.8 Å². The number of rotatable bonds is 5. The van der Waals surface area contributed by atoms with Crippen LogP contribution in [0.3, 0.4) is 0 Å². The fraction of sp³-hybridized carbons (Fsp3) is 0.643. The second-order valence-electron chi connectivity index (χ2n) is 4.88. The van der Waals surface area contributed by atoms with Crippen molar-refractivity contribution in [3.8, 4) is 0 Å². The van der Waals surface area contributed by atoms with E-state index in [1.165, 1.54) is 31.9 Å². The van der Waals surface area contributed by atoms with Crippen LogP contribution in [-0.2, 0) is 4.74 Å². The van der Waals surface area contributed by atoms with Crippen LogP contribution in [0.25, 0.3) is 0 Å². The van der Waals surface area contributed by atoms with Gasteiger partial charge in [0.1, 0.15) is 0 Å². The summed E-state index contributed by atoms with van der Waals surface area (Å²) in [6, 6.07) is 5.49. The van der Waals surface area contributed by atoms with Crippen molar-refractivity contribution >= 4 is 11.8 Å². The van der Waals surface area contributed by atoms with Gasteiger partial charge in [0.15, 0.2) is 6.20 Å². The van der Waals surface area contributed by atoms with Crippen molar-refractivity contribution in [2.24, 2.45) is 5.92 Å². The van der Waals surface area contributed by atoms with Gasteiger partial charge in [-0.15, -0.1) is 0 Å². The molecule has 4 heteroatoms. The Hall–Kier alpha value is -0.740. The molecule has 1 aromatic rings. The van der Waals surface area contributed by atoms with Gasteiger partial charge in [-0.3, -0.25) is 0 Å². The maximum Gasteiger partial charge on any atom is 0.251 e. The molecular weight excluding hydrogens is 246 g/mol. The second kappa shape index (κ2) is 7.00. The summed E-state index contributed by atoms with van der Waals surface area (Å²) in [5.41, 5.74) is 0. The van der Waals surface area contributed by atoms with E-state index in [0.717, 1.165) is 22.1 Å². The van der Waals surface area contributed by atoms with Crippen LogP contribution >= 0.6 is 11.8 Å². The molecule has 100 valence electrons. The topological polar surface area (TPSA) is 36.2 Å². The summed E-state index contributed by atoms with van der Waals surface area (Å²) in [7, 11) is 0. The van der Waals surface area contributed by atoms with Gasteiger partial charge in [0.25, 0.3) is 5.03 Å². The zero-order valence-corrected chi connectivity index (χ0v) is 11.7. The van der Waals surface area contributed by atoms with E-state index >= 15 is 0 Å². The lowest BCUT2D eigenvalue weighted by molar-refractivity contribution is -0.645. The van der Waals surface area contributed by atoms with Gasteiger partial charge in [-0.1, -0.05) is 31.5 Å². The van der Waals surface area contributed by atoms with Crippen LogP contribution in [0.1, 0.15) is 32.6 Å². The molecular formula is C14H21NO2S. The van der Waals surface area contributed by atoms with Crippen molar-refractivity contribution in [3.05, 3.63) is 29.6 Å². The molecule has 18 heavy (non-hydrogen) atoms. The normalized spacial score (nSPS) is 24.1. The molecule has 2 atom stereocenters. The number of hydrogen-bond acceptors (Lipinski definition) is 3. The number of nitrogens with zero attached hydrogens (tertiary/aromatic N) is 1. The molecule has 0 aliphatic heterocycles. The molecule has 1 aliphatic rings. The summed E-state index contributed by atoms with van der Waals surface area (Å²) in [5, 5.41) is 12.2. The predicted octanol–water partition coefficient (Wildman–Crippen LogP) is 3.01. The molecule has 2 rings (SSSR count). The highest BCUT2D eigenvalue weighted by Crippen LogP contribution is 2.26. The van der Waals surface area contributed by atoms with Crippen molar-refractivity contribution in [2.45, 2.75) is 43.7 Å². The predicted molar refractivity (Wildman–Crippen MR) is 73.5 cm³/mol. The van der Waals surface area contributed by atoms with E-state index < -0.39 is 0 Å². The fourth-order valence-corrected chi connectivity index (χ4v) is 3.15. The molecule has 1 saturated carbocycles. The van der Waals surface area contributed by atoms with E-state index in [1.54, 1.807) is 17.8 Å². The molecule has 0 spiro atoms. The lowest BCUT2D eigenvalue weighted by Crippen LogP contribution is -2.28. The standard InChI is InChI=1S/C14H21NO2S/c1-12-6-2-3-7-13(12)17-10-11-18-14-8-4-5-9-15(14)16/h4-5,8-9,12-13H,2-3,6-7,10-11H2,1H3/t12-,13+/m0/s1. The molecule has 1 heterocycles. The average Bonchev–Trinajstić information content (AvgIpc) is 2.38. The third kappa shape index (κ3) is 3.89. The molecule has 1 fully saturated rings. The Bertz CT molecular complexity index is 373. The summed E-state index contributed by atoms with van der Waals surface area (Å²) in [5.74, 6) is 1.53. The summed E-state index contributed by atoms with van der Waals surface area (Å²) in [6.45, 7) is 3.01. The first-order valence-electron chi connectivity index (χ1n) is 6.70. The SMILES string of the molecule is C[C@H]1CCCC[C@H]1OCCSc1cccc[n+]1[O-]. The van der Waals surface area contributed by atoms with Crippen molar-refractivity contribution in [1.29, 1.82) is 0 Å². The van der Waals surface area contributed by atoms with Crippen molar-refractivity contribution in [1.82, 2.24) is 0 Å². The molecule has 0 bridgehead atoms. The Morgan fingerprint density at radius 3 is 3.00 bits per heavy atom. The third-order valence-electron chi connectivity index (χ3n) is 3.49. The molecule has 0 amide bonds. The van der Waals surface area contributed by atoms with Crippen LogP contribution in [0.2, 0.25) is 0 Å². The number of aromatic nitrogens is 1. The summed E-state index contributed by atoms with van der Waals surface area (Å²) < 4.78 is 6.84. The molecule has 0 radical (unpaired) electrons. The zero-order valence-electron chi connectivity index (χ0n) is 10.9. The molecule has 0 N–H and O–H groups in total. The summed E-state index contributed by atoms with van der Waals surface area (Å²) >= 11 is 1.56. The summed E-state index contributed by atoms with van der Waals surface area (Å²) in [6.07, 6.45) is 7.08. The Morgan fingerprint density at radius 2 is 2.22 bits per heavy atom. The minimum atomic E-state index is 0.425. The Balaban J connectivity index is 1.68. The third-order valence-corrected chi connectivity index (χ3v) is 4.47. The van der Waals surface area contributed by atoms with Crippen LogP contribution in [-0.4, -0.2) is 18.5 Å². The van der Waals surface area contributed by atoms with E-state index in [1.807, 2.05) is 12.1 Å². The van der Waals surface area contributed by atoms with E-state index in [0.29, 0.717) is 12.0 Å². The maximum atomic E-state index is 11.4. The van der Waals surface area contributed by atoms with Gasteiger partial charge < -0.3 is 9.94 Å². The maximum absolute atomic E-state index is 11.4. The monoisotopic (exact) mass is 267 g/mol. The Labute approximate surface area is 113 Å². The first-order chi connectivity index (χ1) is 8.77. The van der Waals surface area contributed by atoms with Gasteiger partial charge >= 0.3 is 0 Å². The van der Waals surface area contributed by atoms with Crippen LogP contribution in [0.5, 0.6) is 0 Å². The van der Waals surface area contributed by atoms with Gasteiger partial charge in [-0.2, -0.15) is 4.73 Å². The van der Waals surface area contributed by atoms with Gasteiger partial charge in [0, 0.05) is 17.9 Å². The molecule has 1 aliphatic carbocycles. The second-order valence-corrected chi connectivity index (χ2v) is 6.00. The van der Waals surface area contributed by atoms with Crippen LogP contribution < -0.4 is 4.73 Å². The molecule has 0 unspecified atom stereocenters. The van der Waals surface area contributed by atoms with E-state index in [-0.39, 0.29) is 0 Å². The zero-order chi connectivity index (χ0) is 12.8. The minimum absolute atomic E-state index is 0.425. The first kappa shape index (κ1) is 13.7. The molecule has 0 aromatic carbocycles. The van der Waals surface area contributed by atoms with Crippen molar-refractivity contribution < 1.29 is 9.47 Å². The number of pyridine rings is 1. The lowest BCUT2D eigenvalue weighted by atomic mass is 9.88. The van der Waals surface area contributed by atoms with Gasteiger partial charge in [0.05, 0.1) is 12.7 Å². The Morgan fingerprint density at radius 1 is 1.39 bits per heavy atom. The lowest BCUT2D eigenvalue weighted by Gasteiger charge is -2.28. The number of thioether (sulfide) groups is 1. The quantitative estimate of drug-likeness (QED) is 0.356. The van der Waals surface area contributed by atoms with E-state index in [9.17, 15) is 5.21 Å². The van der Waals surface area contributed by atoms with Crippen LogP contribution in [0.4, 0.5) is 0 Å². The van der Waals surface area contributed by atoms with Gasteiger partial charge in [0.2, 0.25) is 0 Å². The molecule has 3 nitrogen and oxygen atoms in total. The van der Waals surface area contributed by atoms with E-state index in [4.69, 9.17) is 4.74 Å². The van der Waals surface area contributed by atoms with Crippen LogP contribution in [0.15, 0.2) is 29.4 Å². The van der Waals surface area contributed by atoms with Crippen molar-refractivity contribution in [3.63, 3.8) is 0 Å². The number of ether oxygens (including phenoxy) is 1. The highest BCUT2D eigenvalue weighted by Gasteiger charge is 2.21. The molecule has 1 aromatic heterocycles. The molecule has 0 saturated heterocycles. The average molecular weight is 267 g/mol. The fourth-order valence-electron chi connectivity index (χ4n) is 2.40. The highest BCUT2D eigenvalue weighted by atomic mass is 32.2. The highest BCUT2D eigenvalue weighted by molar-refractivity contribution is 7.99. The Kier molecular flexibility index (Phi) is 5.32. The van der Waals surface area contributed by atoms with E-state index in [2.05, 4.69) is 6.92 Å². The largest absolute Gasteiger partial charge is 0.618 e. The number of hydrogen-bond donors (Lipinski definition) is 0. The first-order valence-corrected chi connectivity index (χ1v) is 7.68. The van der Waals surface area contributed by atoms with Crippen LogP contribution in [0, 0.1) is 11.1 Å². The summed E-state index contributed by atoms with van der Waals surface area (Å²) in [4.78, 5) is 0. The van der Waals surface area contributed by atoms with Crippen molar-refractivity contribution in [2.75, 3.05) is 12.4 Å². The minimum Gasteiger partial charge on any atom is -0.618 e.